The molecule has 0 saturated heterocycles. The van der Waals surface area contributed by atoms with Crippen LogP contribution in [-0.2, 0) is 0 Å². The summed E-state index contributed by atoms with van der Waals surface area (Å²) < 4.78 is 5.13. The fourth-order valence-electron chi connectivity index (χ4n) is 1.75. The van der Waals surface area contributed by atoms with E-state index in [2.05, 4.69) is 0 Å². The van der Waals surface area contributed by atoms with Crippen LogP contribution in [-0.4, -0.2) is 12.2 Å². The first kappa shape index (κ1) is 13.7. The molecule has 2 rings (SSSR count). The number of carbonyl (C=O) groups excluding carboxylic acids is 1. The van der Waals surface area contributed by atoms with Gasteiger partial charge in [-0.05, 0) is 24.6 Å². The van der Waals surface area contributed by atoms with Crippen molar-refractivity contribution in [1.29, 1.82) is 0 Å². The molecule has 2 nitrogen and oxygen atoms in total. The van der Waals surface area contributed by atoms with E-state index >= 15 is 0 Å². The summed E-state index contributed by atoms with van der Waals surface area (Å²) in [6, 6.07) is 17.2. The highest BCUT2D eigenvalue weighted by Gasteiger charge is 2.13. The Morgan fingerprint density at radius 2 is 1.68 bits per heavy atom. The van der Waals surface area contributed by atoms with Crippen LogP contribution in [0.25, 0.3) is 0 Å². The summed E-state index contributed by atoms with van der Waals surface area (Å²) >= 11 is 1.34. The minimum Gasteiger partial charge on any atom is -0.497 e. The van der Waals surface area contributed by atoms with Crippen molar-refractivity contribution in [3.63, 3.8) is 0 Å². The topological polar surface area (TPSA) is 26.3 Å². The highest BCUT2D eigenvalue weighted by atomic mass is 32.2. The van der Waals surface area contributed by atoms with Crippen molar-refractivity contribution in [3.8, 4) is 5.75 Å². The van der Waals surface area contributed by atoms with Crippen LogP contribution in [0, 0.1) is 0 Å². The van der Waals surface area contributed by atoms with Crippen LogP contribution in [0.4, 0.5) is 0 Å². The van der Waals surface area contributed by atoms with Crippen LogP contribution in [0.5, 0.6) is 5.75 Å². The van der Waals surface area contributed by atoms with Crippen LogP contribution >= 0.6 is 11.8 Å². The van der Waals surface area contributed by atoms with Gasteiger partial charge < -0.3 is 4.74 Å². The van der Waals surface area contributed by atoms with Crippen molar-refractivity contribution in [3.05, 3.63) is 65.7 Å². The largest absolute Gasteiger partial charge is 0.497 e. The molecule has 0 bridgehead atoms. The molecule has 0 aromatic heterocycles. The maximum absolute atomic E-state index is 12.1. The molecule has 0 spiro atoms. The third-order valence-electron chi connectivity index (χ3n) is 2.88. The highest BCUT2D eigenvalue weighted by Crippen LogP contribution is 2.31. The number of thioether (sulfide) groups is 1. The van der Waals surface area contributed by atoms with E-state index in [1.54, 1.807) is 7.11 Å². The molecule has 98 valence electrons. The van der Waals surface area contributed by atoms with E-state index in [9.17, 15) is 4.79 Å². The molecule has 19 heavy (non-hydrogen) atoms. The molecular formula is C16H16O2S. The number of ether oxygens (including phenoxy) is 1. The van der Waals surface area contributed by atoms with Crippen molar-refractivity contribution in [2.75, 3.05) is 7.11 Å². The maximum Gasteiger partial charge on any atom is 0.219 e. The number of methoxy groups -OCH3 is 1. The fourth-order valence-corrected chi connectivity index (χ4v) is 2.63. The number of benzene rings is 2. The lowest BCUT2D eigenvalue weighted by Gasteiger charge is -2.11. The molecule has 0 aliphatic rings. The number of rotatable bonds is 4. The van der Waals surface area contributed by atoms with Crippen LogP contribution in [0.15, 0.2) is 54.6 Å². The second-order valence-corrected chi connectivity index (χ2v) is 5.50. The summed E-state index contributed by atoms with van der Waals surface area (Å²) in [6.07, 6.45) is 0. The Labute approximate surface area is 117 Å². The van der Waals surface area contributed by atoms with E-state index in [1.807, 2.05) is 61.5 Å². The molecule has 0 fully saturated rings. The van der Waals surface area contributed by atoms with Gasteiger partial charge in [0.1, 0.15) is 5.75 Å². The first-order valence-corrected chi connectivity index (χ1v) is 6.98. The van der Waals surface area contributed by atoms with Gasteiger partial charge in [-0.15, -0.1) is 0 Å². The Kier molecular flexibility index (Phi) is 4.63. The Morgan fingerprint density at radius 1 is 1.05 bits per heavy atom. The summed E-state index contributed by atoms with van der Waals surface area (Å²) in [7, 11) is 1.64. The number of hydrogen-bond donors (Lipinski definition) is 0. The average molecular weight is 272 g/mol. The van der Waals surface area contributed by atoms with E-state index < -0.39 is 0 Å². The van der Waals surface area contributed by atoms with Crippen LogP contribution in [0.1, 0.15) is 28.1 Å². The maximum atomic E-state index is 12.1. The number of hydrogen-bond acceptors (Lipinski definition) is 3. The molecule has 2 aromatic carbocycles. The van der Waals surface area contributed by atoms with Crippen LogP contribution in [0.2, 0.25) is 0 Å². The minimum absolute atomic E-state index is 0.101. The third-order valence-corrected chi connectivity index (χ3v) is 3.95. The Bertz CT molecular complexity index is 534. The molecule has 0 amide bonds. The van der Waals surface area contributed by atoms with E-state index in [4.69, 9.17) is 4.74 Å². The molecule has 2 aromatic rings. The zero-order valence-electron chi connectivity index (χ0n) is 11.0. The predicted molar refractivity (Wildman–Crippen MR) is 79.8 cm³/mol. The Hall–Kier alpha value is -1.74. The van der Waals surface area contributed by atoms with Crippen molar-refractivity contribution < 1.29 is 9.53 Å². The van der Waals surface area contributed by atoms with Gasteiger partial charge >= 0.3 is 0 Å². The zero-order valence-corrected chi connectivity index (χ0v) is 11.8. The van der Waals surface area contributed by atoms with Crippen molar-refractivity contribution in [2.24, 2.45) is 0 Å². The van der Waals surface area contributed by atoms with Gasteiger partial charge in [0.25, 0.3) is 0 Å². The quantitative estimate of drug-likeness (QED) is 0.828. The SMILES string of the molecule is COc1ccc(C(C)SC(=O)c2ccccc2)cc1. The van der Waals surface area contributed by atoms with Crippen molar-refractivity contribution in [1.82, 2.24) is 0 Å². The fraction of sp³-hybridized carbons (Fsp3) is 0.188. The van der Waals surface area contributed by atoms with Gasteiger partial charge in [0, 0.05) is 10.8 Å². The summed E-state index contributed by atoms with van der Waals surface area (Å²) in [5, 5.41) is 0.225. The van der Waals surface area contributed by atoms with Crippen molar-refractivity contribution >= 4 is 16.9 Å². The average Bonchev–Trinajstić information content (AvgIpc) is 2.48. The van der Waals surface area contributed by atoms with Gasteiger partial charge in [0.2, 0.25) is 5.12 Å². The highest BCUT2D eigenvalue weighted by molar-refractivity contribution is 8.14. The predicted octanol–water partition coefficient (Wildman–Crippen LogP) is 4.33. The van der Waals surface area contributed by atoms with E-state index in [0.717, 1.165) is 16.9 Å². The number of carbonyl (C=O) groups is 1. The second kappa shape index (κ2) is 6.43. The second-order valence-electron chi connectivity index (χ2n) is 4.19. The third kappa shape index (κ3) is 3.61. The lowest BCUT2D eigenvalue weighted by Crippen LogP contribution is -1.97. The standard InChI is InChI=1S/C16H16O2S/c1-12(13-8-10-15(18-2)11-9-13)19-16(17)14-6-4-3-5-7-14/h3-12H,1-2H3. The summed E-state index contributed by atoms with van der Waals surface area (Å²) in [5.41, 5.74) is 1.86. The smallest absolute Gasteiger partial charge is 0.219 e. The Morgan fingerprint density at radius 3 is 2.26 bits per heavy atom. The molecular weight excluding hydrogens is 256 g/mol. The normalized spacial score (nSPS) is 11.9. The van der Waals surface area contributed by atoms with Gasteiger partial charge in [-0.1, -0.05) is 54.2 Å². The molecule has 1 unspecified atom stereocenters. The van der Waals surface area contributed by atoms with Gasteiger partial charge in [-0.25, -0.2) is 0 Å². The Balaban J connectivity index is 2.04. The zero-order chi connectivity index (χ0) is 13.7. The van der Waals surface area contributed by atoms with Crippen molar-refractivity contribution in [2.45, 2.75) is 12.2 Å². The minimum atomic E-state index is 0.101. The van der Waals surface area contributed by atoms with Crippen LogP contribution < -0.4 is 4.74 Å². The van der Waals surface area contributed by atoms with E-state index in [0.29, 0.717) is 0 Å². The van der Waals surface area contributed by atoms with E-state index in [1.165, 1.54) is 11.8 Å². The molecule has 3 heteroatoms. The summed E-state index contributed by atoms with van der Waals surface area (Å²) in [5.74, 6) is 0.829. The van der Waals surface area contributed by atoms with Gasteiger partial charge in [-0.3, -0.25) is 4.79 Å². The monoisotopic (exact) mass is 272 g/mol. The molecule has 0 saturated carbocycles. The molecule has 0 heterocycles. The van der Waals surface area contributed by atoms with Gasteiger partial charge in [-0.2, -0.15) is 0 Å². The lowest BCUT2D eigenvalue weighted by molar-refractivity contribution is 0.108. The summed E-state index contributed by atoms with van der Waals surface area (Å²) in [4.78, 5) is 12.1. The first-order valence-electron chi connectivity index (χ1n) is 6.10. The molecule has 0 radical (unpaired) electrons. The van der Waals surface area contributed by atoms with Gasteiger partial charge in [0.15, 0.2) is 0 Å². The summed E-state index contributed by atoms with van der Waals surface area (Å²) in [6.45, 7) is 2.04. The molecule has 0 aliphatic carbocycles. The lowest BCUT2D eigenvalue weighted by atomic mass is 10.1. The molecule has 0 N–H and O–H groups in total. The van der Waals surface area contributed by atoms with Gasteiger partial charge in [0.05, 0.1) is 7.11 Å². The first-order chi connectivity index (χ1) is 9.20. The van der Waals surface area contributed by atoms with E-state index in [-0.39, 0.29) is 10.4 Å². The van der Waals surface area contributed by atoms with Crippen LogP contribution in [0.3, 0.4) is 0 Å². The molecule has 0 aliphatic heterocycles. The molecule has 1 atom stereocenters.